The van der Waals surface area contributed by atoms with Gasteiger partial charge >= 0.3 is 6.18 Å². The Morgan fingerprint density at radius 1 is 1.15 bits per heavy atom. The van der Waals surface area contributed by atoms with Crippen molar-refractivity contribution in [1.29, 1.82) is 0 Å². The number of rotatable bonds is 4. The highest BCUT2D eigenvalue weighted by atomic mass is 19.4. The van der Waals surface area contributed by atoms with Gasteiger partial charge in [-0.2, -0.15) is 23.5 Å². The normalized spacial score (nSPS) is 14.9. The molecule has 4 heterocycles. The van der Waals surface area contributed by atoms with Crippen LogP contribution in [-0.4, -0.2) is 61.5 Å². The monoisotopic (exact) mass is 458 g/mol. The first-order valence-electron chi connectivity index (χ1n) is 10.4. The van der Waals surface area contributed by atoms with Gasteiger partial charge in [-0.15, -0.1) is 10.2 Å². The van der Waals surface area contributed by atoms with Crippen LogP contribution < -0.4 is 4.90 Å². The third-order valence-corrected chi connectivity index (χ3v) is 5.90. The molecule has 4 aromatic rings. The fraction of sp³-hybridized carbons (Fsp3) is 0.381. The SMILES string of the molecule is Cc1nn2c(-c3nn[nH]n3)cc(N3CCOCC3)nc2c1Cc1cccc(C(F)(F)F)c1C. The average molecular weight is 458 g/mol. The van der Waals surface area contributed by atoms with Crippen LogP contribution in [0.15, 0.2) is 24.3 Å². The van der Waals surface area contributed by atoms with E-state index in [9.17, 15) is 13.2 Å². The molecule has 0 atom stereocenters. The summed E-state index contributed by atoms with van der Waals surface area (Å²) in [5.41, 5.74) is 2.69. The molecule has 1 aromatic carbocycles. The molecule has 0 spiro atoms. The highest BCUT2D eigenvalue weighted by Gasteiger charge is 2.33. The molecule has 3 aromatic heterocycles. The summed E-state index contributed by atoms with van der Waals surface area (Å²) in [6.45, 7) is 5.82. The molecule has 0 aliphatic carbocycles. The molecule has 0 saturated carbocycles. The van der Waals surface area contributed by atoms with Gasteiger partial charge in [0.15, 0.2) is 5.65 Å². The number of nitrogens with zero attached hydrogens (tertiary/aromatic N) is 7. The molecule has 1 N–H and O–H groups in total. The third kappa shape index (κ3) is 3.90. The van der Waals surface area contributed by atoms with Crippen molar-refractivity contribution < 1.29 is 17.9 Å². The zero-order valence-electron chi connectivity index (χ0n) is 18.0. The van der Waals surface area contributed by atoms with Gasteiger partial charge in [0.25, 0.3) is 0 Å². The molecular weight excluding hydrogens is 437 g/mol. The molecule has 1 saturated heterocycles. The summed E-state index contributed by atoms with van der Waals surface area (Å²) >= 11 is 0. The molecule has 1 aliphatic rings. The number of ether oxygens (including phenoxy) is 1. The molecule has 0 amide bonds. The number of fused-ring (bicyclic) bond motifs is 1. The standard InChI is InChI=1S/C21H21F3N8O/c1-12-14(4-3-5-16(12)21(22,23)24)10-15-13(2)28-32-17(19-26-29-30-27-19)11-18(25-20(15)32)31-6-8-33-9-7-31/h3-5,11H,6-10H2,1-2H3,(H,26,27,29,30). The first-order chi connectivity index (χ1) is 15.8. The van der Waals surface area contributed by atoms with Crippen LogP contribution >= 0.6 is 0 Å². The van der Waals surface area contributed by atoms with Gasteiger partial charge in [0, 0.05) is 31.1 Å². The van der Waals surface area contributed by atoms with Crippen LogP contribution in [0.4, 0.5) is 19.0 Å². The summed E-state index contributed by atoms with van der Waals surface area (Å²) in [5.74, 6) is 1.05. The van der Waals surface area contributed by atoms with Gasteiger partial charge in [0.2, 0.25) is 5.82 Å². The first kappa shape index (κ1) is 21.3. The van der Waals surface area contributed by atoms with Crippen molar-refractivity contribution in [1.82, 2.24) is 35.2 Å². The van der Waals surface area contributed by atoms with Crippen molar-refractivity contribution in [2.75, 3.05) is 31.2 Å². The van der Waals surface area contributed by atoms with E-state index in [1.165, 1.54) is 13.0 Å². The number of morpholine rings is 1. The second-order valence-electron chi connectivity index (χ2n) is 7.90. The molecule has 0 bridgehead atoms. The minimum absolute atomic E-state index is 0.200. The molecule has 1 fully saturated rings. The number of halogens is 3. The molecule has 1 aliphatic heterocycles. The number of tetrazole rings is 1. The van der Waals surface area contributed by atoms with Crippen molar-refractivity contribution in [3.63, 3.8) is 0 Å². The van der Waals surface area contributed by atoms with Gasteiger partial charge in [0.05, 0.1) is 24.5 Å². The number of hydrogen-bond acceptors (Lipinski definition) is 7. The van der Waals surface area contributed by atoms with Gasteiger partial charge in [-0.1, -0.05) is 12.1 Å². The summed E-state index contributed by atoms with van der Waals surface area (Å²) in [5, 5.41) is 18.9. The van der Waals surface area contributed by atoms with Crippen molar-refractivity contribution in [3.05, 3.63) is 52.2 Å². The largest absolute Gasteiger partial charge is 0.416 e. The number of aromatic nitrogens is 7. The molecule has 33 heavy (non-hydrogen) atoms. The Hall–Kier alpha value is -3.54. The lowest BCUT2D eigenvalue weighted by Gasteiger charge is -2.28. The van der Waals surface area contributed by atoms with E-state index in [1.807, 2.05) is 13.0 Å². The predicted molar refractivity (Wildman–Crippen MR) is 113 cm³/mol. The second kappa shape index (κ2) is 8.10. The zero-order valence-corrected chi connectivity index (χ0v) is 18.0. The number of anilines is 1. The van der Waals surface area contributed by atoms with E-state index in [-0.39, 0.29) is 12.0 Å². The van der Waals surface area contributed by atoms with Gasteiger partial charge < -0.3 is 9.64 Å². The number of aryl methyl sites for hydroxylation is 1. The molecular formula is C21H21F3N8O. The minimum atomic E-state index is -4.41. The molecule has 172 valence electrons. The number of aromatic amines is 1. The lowest BCUT2D eigenvalue weighted by atomic mass is 9.96. The Morgan fingerprint density at radius 2 is 1.94 bits per heavy atom. The minimum Gasteiger partial charge on any atom is -0.378 e. The molecule has 9 nitrogen and oxygen atoms in total. The number of H-pyrrole nitrogens is 1. The smallest absolute Gasteiger partial charge is 0.378 e. The van der Waals surface area contributed by atoms with E-state index >= 15 is 0 Å². The van der Waals surface area contributed by atoms with Crippen molar-refractivity contribution in [3.8, 4) is 11.5 Å². The van der Waals surface area contributed by atoms with E-state index in [1.54, 1.807) is 10.6 Å². The van der Waals surface area contributed by atoms with Crippen LogP contribution in [0, 0.1) is 13.8 Å². The maximum absolute atomic E-state index is 13.4. The predicted octanol–water partition coefficient (Wildman–Crippen LogP) is 2.97. The Kier molecular flexibility index (Phi) is 5.23. The van der Waals surface area contributed by atoms with Gasteiger partial charge in [-0.25, -0.2) is 9.50 Å². The number of nitrogens with one attached hydrogen (secondary N) is 1. The van der Waals surface area contributed by atoms with Crippen LogP contribution in [0.25, 0.3) is 17.2 Å². The van der Waals surface area contributed by atoms with E-state index in [0.717, 1.165) is 11.6 Å². The number of benzene rings is 1. The second-order valence-corrected chi connectivity index (χ2v) is 7.90. The molecule has 0 unspecified atom stereocenters. The molecule has 12 heteroatoms. The topological polar surface area (TPSA) is 97.1 Å². The van der Waals surface area contributed by atoms with Gasteiger partial charge in [0.1, 0.15) is 11.5 Å². The Balaban J connectivity index is 1.66. The summed E-state index contributed by atoms with van der Waals surface area (Å²) in [4.78, 5) is 6.94. The van der Waals surface area contributed by atoms with E-state index < -0.39 is 11.7 Å². The summed E-state index contributed by atoms with van der Waals surface area (Å²) < 4.78 is 47.4. The zero-order chi connectivity index (χ0) is 23.2. The van der Waals surface area contributed by atoms with E-state index in [4.69, 9.17) is 9.72 Å². The van der Waals surface area contributed by atoms with E-state index in [2.05, 4.69) is 30.6 Å². The maximum atomic E-state index is 13.4. The summed E-state index contributed by atoms with van der Waals surface area (Å²) in [6.07, 6.45) is -4.15. The lowest BCUT2D eigenvalue weighted by molar-refractivity contribution is -0.138. The van der Waals surface area contributed by atoms with Crippen LogP contribution in [0.1, 0.15) is 27.9 Å². The first-order valence-corrected chi connectivity index (χ1v) is 10.4. The maximum Gasteiger partial charge on any atom is 0.416 e. The van der Waals surface area contributed by atoms with Crippen molar-refractivity contribution in [2.24, 2.45) is 0 Å². The van der Waals surface area contributed by atoms with Gasteiger partial charge in [-0.05, 0) is 36.3 Å². The summed E-state index contributed by atoms with van der Waals surface area (Å²) in [6, 6.07) is 6.09. The molecule has 0 radical (unpaired) electrons. The highest BCUT2D eigenvalue weighted by Crippen LogP contribution is 2.34. The average Bonchev–Trinajstić information content (AvgIpc) is 3.43. The Labute approximate surface area is 186 Å². The summed E-state index contributed by atoms with van der Waals surface area (Å²) in [7, 11) is 0. The highest BCUT2D eigenvalue weighted by molar-refractivity contribution is 5.66. The third-order valence-electron chi connectivity index (χ3n) is 5.90. The van der Waals surface area contributed by atoms with Crippen LogP contribution in [0.3, 0.4) is 0 Å². The fourth-order valence-electron chi connectivity index (χ4n) is 4.12. The lowest BCUT2D eigenvalue weighted by Crippen LogP contribution is -2.36. The Bertz CT molecular complexity index is 1290. The van der Waals surface area contributed by atoms with Crippen LogP contribution in [-0.2, 0) is 17.3 Å². The van der Waals surface area contributed by atoms with Crippen LogP contribution in [0.5, 0.6) is 0 Å². The molecule has 5 rings (SSSR count). The Morgan fingerprint density at radius 3 is 2.64 bits per heavy atom. The number of alkyl halides is 3. The van der Waals surface area contributed by atoms with Crippen LogP contribution in [0.2, 0.25) is 0 Å². The van der Waals surface area contributed by atoms with Crippen molar-refractivity contribution >= 4 is 11.5 Å². The quantitative estimate of drug-likeness (QED) is 0.502. The van der Waals surface area contributed by atoms with Gasteiger partial charge in [-0.3, -0.25) is 0 Å². The fourth-order valence-corrected chi connectivity index (χ4v) is 4.12. The van der Waals surface area contributed by atoms with Crippen molar-refractivity contribution in [2.45, 2.75) is 26.4 Å². The van der Waals surface area contributed by atoms with E-state index in [0.29, 0.717) is 60.5 Å². The number of hydrogen-bond donors (Lipinski definition) is 1.